The first-order valence-corrected chi connectivity index (χ1v) is 6.57. The predicted octanol–water partition coefficient (Wildman–Crippen LogP) is 1.80. The summed E-state index contributed by atoms with van der Waals surface area (Å²) in [6.45, 7) is 5.59. The van der Waals surface area contributed by atoms with E-state index in [2.05, 4.69) is 18.8 Å². The molecule has 0 radical (unpaired) electrons. The van der Waals surface area contributed by atoms with Gasteiger partial charge in [-0.2, -0.15) is 0 Å². The van der Waals surface area contributed by atoms with Gasteiger partial charge in [0.25, 0.3) is 5.91 Å². The molecule has 98 valence electrons. The Morgan fingerprint density at radius 1 is 1.44 bits per heavy atom. The van der Waals surface area contributed by atoms with Crippen LogP contribution in [0.2, 0.25) is 0 Å². The number of hydrogen-bond donors (Lipinski definition) is 1. The molecule has 2 unspecified atom stereocenters. The maximum Gasteiger partial charge on any atom is 0.272 e. The van der Waals surface area contributed by atoms with Gasteiger partial charge in [0.2, 0.25) is 0 Å². The van der Waals surface area contributed by atoms with E-state index in [4.69, 9.17) is 5.73 Å². The normalized spacial score (nSPS) is 24.1. The van der Waals surface area contributed by atoms with Crippen molar-refractivity contribution >= 4 is 5.91 Å². The highest BCUT2D eigenvalue weighted by Gasteiger charge is 2.28. The SMILES string of the molecule is CC1CCC(C)N(C(=O)c2ccc(CN)cn2)C1. The zero-order valence-electron chi connectivity index (χ0n) is 11.1. The lowest BCUT2D eigenvalue weighted by atomic mass is 9.95. The topological polar surface area (TPSA) is 59.2 Å². The number of hydrogen-bond acceptors (Lipinski definition) is 3. The molecule has 1 saturated heterocycles. The zero-order chi connectivity index (χ0) is 13.1. The quantitative estimate of drug-likeness (QED) is 0.867. The molecule has 1 amide bonds. The summed E-state index contributed by atoms with van der Waals surface area (Å²) in [7, 11) is 0. The third-order valence-electron chi connectivity index (χ3n) is 3.66. The summed E-state index contributed by atoms with van der Waals surface area (Å²) in [4.78, 5) is 18.5. The lowest BCUT2D eigenvalue weighted by molar-refractivity contribution is 0.0568. The van der Waals surface area contributed by atoms with E-state index in [1.54, 1.807) is 12.3 Å². The third-order valence-corrected chi connectivity index (χ3v) is 3.66. The van der Waals surface area contributed by atoms with E-state index in [1.165, 1.54) is 6.42 Å². The second-order valence-corrected chi connectivity index (χ2v) is 5.24. The molecule has 0 aliphatic carbocycles. The molecule has 2 N–H and O–H groups in total. The highest BCUT2D eigenvalue weighted by molar-refractivity contribution is 5.92. The van der Waals surface area contributed by atoms with Crippen LogP contribution in [0.3, 0.4) is 0 Å². The molecule has 0 bridgehead atoms. The van der Waals surface area contributed by atoms with Crippen molar-refractivity contribution < 1.29 is 4.79 Å². The highest BCUT2D eigenvalue weighted by atomic mass is 16.2. The first kappa shape index (κ1) is 13.0. The highest BCUT2D eigenvalue weighted by Crippen LogP contribution is 2.22. The lowest BCUT2D eigenvalue weighted by Gasteiger charge is -2.36. The number of nitrogens with two attached hydrogens (primary N) is 1. The van der Waals surface area contributed by atoms with Crippen LogP contribution in [0.5, 0.6) is 0 Å². The lowest BCUT2D eigenvalue weighted by Crippen LogP contribution is -2.45. The Morgan fingerprint density at radius 3 is 2.83 bits per heavy atom. The summed E-state index contributed by atoms with van der Waals surface area (Å²) in [5.41, 5.74) is 7.00. The van der Waals surface area contributed by atoms with Gasteiger partial charge >= 0.3 is 0 Å². The molecular formula is C14H21N3O. The first-order valence-electron chi connectivity index (χ1n) is 6.57. The van der Waals surface area contributed by atoms with Crippen molar-refractivity contribution in [1.29, 1.82) is 0 Å². The van der Waals surface area contributed by atoms with Crippen LogP contribution >= 0.6 is 0 Å². The number of rotatable bonds is 2. The van der Waals surface area contributed by atoms with E-state index >= 15 is 0 Å². The largest absolute Gasteiger partial charge is 0.334 e. The molecule has 2 rings (SSSR count). The summed E-state index contributed by atoms with van der Waals surface area (Å²) < 4.78 is 0. The van der Waals surface area contributed by atoms with Gasteiger partial charge in [0.15, 0.2) is 0 Å². The van der Waals surface area contributed by atoms with E-state index in [9.17, 15) is 4.79 Å². The molecule has 18 heavy (non-hydrogen) atoms. The average Bonchev–Trinajstić information content (AvgIpc) is 2.41. The van der Waals surface area contributed by atoms with Gasteiger partial charge in [-0.3, -0.25) is 9.78 Å². The number of nitrogens with zero attached hydrogens (tertiary/aromatic N) is 2. The summed E-state index contributed by atoms with van der Waals surface area (Å²) in [5, 5.41) is 0. The van der Waals surface area contributed by atoms with Gasteiger partial charge in [-0.15, -0.1) is 0 Å². The Kier molecular flexibility index (Phi) is 3.97. The monoisotopic (exact) mass is 247 g/mol. The average molecular weight is 247 g/mol. The van der Waals surface area contributed by atoms with Crippen LogP contribution < -0.4 is 5.73 Å². The van der Waals surface area contributed by atoms with Crippen LogP contribution in [0.1, 0.15) is 42.7 Å². The van der Waals surface area contributed by atoms with Crippen molar-refractivity contribution in [3.63, 3.8) is 0 Å². The predicted molar refractivity (Wildman–Crippen MR) is 71.0 cm³/mol. The summed E-state index contributed by atoms with van der Waals surface area (Å²) in [6.07, 6.45) is 3.96. The molecule has 0 aromatic carbocycles. The minimum absolute atomic E-state index is 0.0395. The minimum atomic E-state index is 0.0395. The smallest absolute Gasteiger partial charge is 0.272 e. The van der Waals surface area contributed by atoms with E-state index in [0.717, 1.165) is 18.5 Å². The van der Waals surface area contributed by atoms with E-state index in [0.29, 0.717) is 24.2 Å². The molecule has 0 saturated carbocycles. The molecule has 1 aromatic rings. The molecule has 0 spiro atoms. The molecule has 2 heterocycles. The minimum Gasteiger partial charge on any atom is -0.334 e. The van der Waals surface area contributed by atoms with Crippen LogP contribution in [-0.2, 0) is 6.54 Å². The van der Waals surface area contributed by atoms with Crippen molar-refractivity contribution in [2.24, 2.45) is 11.7 Å². The summed E-state index contributed by atoms with van der Waals surface area (Å²) in [5.74, 6) is 0.617. The number of carbonyl (C=O) groups excluding carboxylic acids is 1. The summed E-state index contributed by atoms with van der Waals surface area (Å²) >= 11 is 0. The van der Waals surface area contributed by atoms with Crippen LogP contribution in [0, 0.1) is 5.92 Å². The first-order chi connectivity index (χ1) is 8.61. The zero-order valence-corrected chi connectivity index (χ0v) is 11.1. The van der Waals surface area contributed by atoms with Crippen LogP contribution in [0.15, 0.2) is 18.3 Å². The van der Waals surface area contributed by atoms with Crippen LogP contribution in [0.4, 0.5) is 0 Å². The van der Waals surface area contributed by atoms with Gasteiger partial charge in [0.1, 0.15) is 5.69 Å². The van der Waals surface area contributed by atoms with Crippen LogP contribution in [-0.4, -0.2) is 28.4 Å². The number of pyridine rings is 1. The molecule has 2 atom stereocenters. The van der Waals surface area contributed by atoms with Crippen LogP contribution in [0.25, 0.3) is 0 Å². The van der Waals surface area contributed by atoms with Crippen molar-refractivity contribution in [2.75, 3.05) is 6.54 Å². The molecule has 4 heteroatoms. The maximum absolute atomic E-state index is 12.4. The van der Waals surface area contributed by atoms with E-state index in [-0.39, 0.29) is 5.91 Å². The van der Waals surface area contributed by atoms with Crippen molar-refractivity contribution in [3.05, 3.63) is 29.6 Å². The van der Waals surface area contributed by atoms with Crippen molar-refractivity contribution in [2.45, 2.75) is 39.3 Å². The number of carbonyl (C=O) groups is 1. The van der Waals surface area contributed by atoms with Gasteiger partial charge in [-0.25, -0.2) is 0 Å². The van der Waals surface area contributed by atoms with Gasteiger partial charge in [0, 0.05) is 25.3 Å². The Labute approximate surface area is 108 Å². The standard InChI is InChI=1S/C14H21N3O/c1-10-3-4-11(2)17(9-10)14(18)13-6-5-12(7-15)8-16-13/h5-6,8,10-11H,3-4,7,9,15H2,1-2H3. The Balaban J connectivity index is 2.13. The fourth-order valence-electron chi connectivity index (χ4n) is 2.39. The fraction of sp³-hybridized carbons (Fsp3) is 0.571. The molecule has 1 aliphatic rings. The van der Waals surface area contributed by atoms with Crippen molar-refractivity contribution in [3.8, 4) is 0 Å². The Hall–Kier alpha value is -1.42. The molecule has 1 aromatic heterocycles. The number of piperidine rings is 1. The van der Waals surface area contributed by atoms with Gasteiger partial charge in [0.05, 0.1) is 0 Å². The number of aromatic nitrogens is 1. The second-order valence-electron chi connectivity index (χ2n) is 5.24. The number of likely N-dealkylation sites (tertiary alicyclic amines) is 1. The molecule has 1 aliphatic heterocycles. The third kappa shape index (κ3) is 2.70. The fourth-order valence-corrected chi connectivity index (χ4v) is 2.39. The summed E-state index contributed by atoms with van der Waals surface area (Å²) in [6, 6.07) is 3.96. The Morgan fingerprint density at radius 2 is 2.22 bits per heavy atom. The maximum atomic E-state index is 12.4. The van der Waals surface area contributed by atoms with Gasteiger partial charge in [-0.1, -0.05) is 13.0 Å². The van der Waals surface area contributed by atoms with E-state index in [1.807, 2.05) is 11.0 Å². The van der Waals surface area contributed by atoms with Gasteiger partial charge < -0.3 is 10.6 Å². The molecule has 4 nitrogen and oxygen atoms in total. The molecular weight excluding hydrogens is 226 g/mol. The number of amides is 1. The van der Waals surface area contributed by atoms with E-state index < -0.39 is 0 Å². The Bertz CT molecular complexity index is 416. The van der Waals surface area contributed by atoms with Gasteiger partial charge in [-0.05, 0) is 37.3 Å². The van der Waals surface area contributed by atoms with Crippen molar-refractivity contribution in [1.82, 2.24) is 9.88 Å². The second kappa shape index (κ2) is 5.48. The molecule has 1 fully saturated rings.